The first kappa shape index (κ1) is 18.3. The lowest BCUT2D eigenvalue weighted by Crippen LogP contribution is -2.73. The van der Waals surface area contributed by atoms with E-state index < -0.39 is 34.5 Å². The predicted molar refractivity (Wildman–Crippen MR) is 101 cm³/mol. The molecule has 1 aromatic rings. The SMILES string of the molecule is CC1(C)S[C@@H]2[C@H](N3C(=O)C(c4ccccc4)NC3(C)C)C(=O)N2[C@H]1C(=O)O. The van der Waals surface area contributed by atoms with Crippen molar-refractivity contribution in [3.05, 3.63) is 35.9 Å². The van der Waals surface area contributed by atoms with Crippen LogP contribution in [0.25, 0.3) is 0 Å². The second-order valence-electron chi connectivity index (χ2n) is 8.30. The van der Waals surface area contributed by atoms with Gasteiger partial charge in [0.25, 0.3) is 0 Å². The first-order valence-electron chi connectivity index (χ1n) is 8.95. The Morgan fingerprint density at radius 3 is 2.33 bits per heavy atom. The summed E-state index contributed by atoms with van der Waals surface area (Å²) in [5.41, 5.74) is 0.139. The number of carbonyl (C=O) groups excluding carboxylic acids is 2. The van der Waals surface area contributed by atoms with Gasteiger partial charge < -0.3 is 14.9 Å². The highest BCUT2D eigenvalue weighted by Gasteiger charge is 2.68. The molecule has 27 heavy (non-hydrogen) atoms. The van der Waals surface area contributed by atoms with Gasteiger partial charge in [0.05, 0.1) is 5.66 Å². The number of benzene rings is 1. The summed E-state index contributed by atoms with van der Waals surface area (Å²) in [5.74, 6) is -1.45. The van der Waals surface area contributed by atoms with Crippen LogP contribution >= 0.6 is 11.8 Å². The zero-order chi connectivity index (χ0) is 19.7. The monoisotopic (exact) mass is 389 g/mol. The molecular weight excluding hydrogens is 366 g/mol. The number of hydrogen-bond donors (Lipinski definition) is 2. The molecule has 3 fully saturated rings. The summed E-state index contributed by atoms with van der Waals surface area (Å²) in [5, 5.41) is 12.6. The van der Waals surface area contributed by atoms with Crippen LogP contribution in [0.3, 0.4) is 0 Å². The Morgan fingerprint density at radius 1 is 1.11 bits per heavy atom. The number of aliphatic carboxylic acids is 1. The Balaban J connectivity index is 1.65. The Bertz CT molecular complexity index is 826. The maximum absolute atomic E-state index is 13.2. The van der Waals surface area contributed by atoms with Crippen LogP contribution in [0.2, 0.25) is 0 Å². The minimum atomic E-state index is -1.01. The fourth-order valence-corrected chi connectivity index (χ4v) is 6.16. The molecule has 0 aromatic heterocycles. The van der Waals surface area contributed by atoms with E-state index in [0.29, 0.717) is 0 Å². The summed E-state index contributed by atoms with van der Waals surface area (Å²) in [6.45, 7) is 7.43. The zero-order valence-electron chi connectivity index (χ0n) is 15.7. The highest BCUT2D eigenvalue weighted by atomic mass is 32.2. The second-order valence-corrected chi connectivity index (χ2v) is 10.1. The standard InChI is InChI=1S/C19H23N3O4S/c1-18(2)13(17(25)26)21-15(24)12(16(21)27-18)22-14(23)11(20-19(22,3)4)10-8-6-5-7-9-10/h5-9,11-13,16,20H,1-4H3,(H,25,26)/t11?,12-,13+,16-/m1/s1. The second kappa shape index (κ2) is 5.72. The Labute approximate surface area is 162 Å². The van der Waals surface area contributed by atoms with Crippen molar-refractivity contribution in [3.8, 4) is 0 Å². The van der Waals surface area contributed by atoms with Crippen LogP contribution in [0.1, 0.15) is 39.3 Å². The molecule has 8 heteroatoms. The summed E-state index contributed by atoms with van der Waals surface area (Å²) in [4.78, 5) is 40.9. The van der Waals surface area contributed by atoms with Crippen molar-refractivity contribution < 1.29 is 19.5 Å². The van der Waals surface area contributed by atoms with Crippen molar-refractivity contribution >= 4 is 29.5 Å². The van der Waals surface area contributed by atoms with E-state index in [1.807, 2.05) is 58.0 Å². The normalized spacial score (nSPS) is 33.8. The summed E-state index contributed by atoms with van der Waals surface area (Å²) in [6.07, 6.45) is 0. The third-order valence-electron chi connectivity index (χ3n) is 5.64. The maximum Gasteiger partial charge on any atom is 0.327 e. The fraction of sp³-hybridized carbons (Fsp3) is 0.526. The van der Waals surface area contributed by atoms with E-state index in [1.54, 1.807) is 4.90 Å². The minimum absolute atomic E-state index is 0.151. The minimum Gasteiger partial charge on any atom is -0.480 e. The van der Waals surface area contributed by atoms with E-state index in [9.17, 15) is 19.5 Å². The highest BCUT2D eigenvalue weighted by Crippen LogP contribution is 2.53. The fourth-order valence-electron chi connectivity index (χ4n) is 4.49. The van der Waals surface area contributed by atoms with Gasteiger partial charge in [0.2, 0.25) is 11.8 Å². The van der Waals surface area contributed by atoms with Gasteiger partial charge >= 0.3 is 5.97 Å². The smallest absolute Gasteiger partial charge is 0.327 e. The zero-order valence-corrected chi connectivity index (χ0v) is 16.5. The first-order chi connectivity index (χ1) is 12.6. The molecule has 2 amide bonds. The molecule has 4 atom stereocenters. The van der Waals surface area contributed by atoms with E-state index in [0.717, 1.165) is 5.56 Å². The van der Waals surface area contributed by atoms with Crippen LogP contribution in [0.15, 0.2) is 30.3 Å². The van der Waals surface area contributed by atoms with Crippen LogP contribution < -0.4 is 5.32 Å². The van der Waals surface area contributed by atoms with Crippen molar-refractivity contribution in [1.82, 2.24) is 15.1 Å². The van der Waals surface area contributed by atoms with Gasteiger partial charge in [-0.15, -0.1) is 11.8 Å². The molecule has 0 saturated carbocycles. The molecule has 0 radical (unpaired) electrons. The number of hydrogen-bond acceptors (Lipinski definition) is 5. The molecule has 1 aromatic carbocycles. The topological polar surface area (TPSA) is 90.0 Å². The number of fused-ring (bicyclic) bond motifs is 1. The van der Waals surface area contributed by atoms with Gasteiger partial charge in [0.1, 0.15) is 23.5 Å². The van der Waals surface area contributed by atoms with Crippen molar-refractivity contribution in [2.75, 3.05) is 0 Å². The van der Waals surface area contributed by atoms with Crippen molar-refractivity contribution in [1.29, 1.82) is 0 Å². The lowest BCUT2D eigenvalue weighted by Gasteiger charge is -2.50. The van der Waals surface area contributed by atoms with Crippen LogP contribution in [0, 0.1) is 0 Å². The third-order valence-corrected chi connectivity index (χ3v) is 7.20. The average Bonchev–Trinajstić information content (AvgIpc) is 2.98. The van der Waals surface area contributed by atoms with Gasteiger partial charge in [-0.2, -0.15) is 0 Å². The van der Waals surface area contributed by atoms with Crippen LogP contribution in [-0.2, 0) is 14.4 Å². The van der Waals surface area contributed by atoms with E-state index in [2.05, 4.69) is 5.32 Å². The highest BCUT2D eigenvalue weighted by molar-refractivity contribution is 8.01. The van der Waals surface area contributed by atoms with Gasteiger partial charge in [0.15, 0.2) is 0 Å². The largest absolute Gasteiger partial charge is 0.480 e. The summed E-state index contributed by atoms with van der Waals surface area (Å²) >= 11 is 1.46. The van der Waals surface area contributed by atoms with Crippen LogP contribution in [0.5, 0.6) is 0 Å². The number of carboxylic acid groups (broad SMARTS) is 1. The number of carbonyl (C=O) groups is 3. The summed E-state index contributed by atoms with van der Waals surface area (Å²) in [7, 11) is 0. The molecule has 1 unspecified atom stereocenters. The molecule has 3 heterocycles. The number of thioether (sulfide) groups is 1. The molecule has 0 spiro atoms. The van der Waals surface area contributed by atoms with E-state index in [4.69, 9.17) is 0 Å². The van der Waals surface area contributed by atoms with Crippen LogP contribution in [-0.4, -0.2) is 60.6 Å². The van der Waals surface area contributed by atoms with E-state index >= 15 is 0 Å². The first-order valence-corrected chi connectivity index (χ1v) is 9.83. The summed E-state index contributed by atoms with van der Waals surface area (Å²) < 4.78 is -0.611. The molecule has 3 aliphatic rings. The van der Waals surface area contributed by atoms with E-state index in [1.165, 1.54) is 16.7 Å². The van der Waals surface area contributed by atoms with Crippen molar-refractivity contribution in [2.24, 2.45) is 0 Å². The molecule has 2 N–H and O–H groups in total. The summed E-state index contributed by atoms with van der Waals surface area (Å²) in [6, 6.07) is 7.37. The quantitative estimate of drug-likeness (QED) is 0.760. The molecule has 0 aliphatic carbocycles. The van der Waals surface area contributed by atoms with Crippen LogP contribution in [0.4, 0.5) is 0 Å². The lowest BCUT2D eigenvalue weighted by molar-refractivity contribution is -0.170. The van der Waals surface area contributed by atoms with Gasteiger partial charge in [0, 0.05) is 4.75 Å². The molecule has 3 aliphatic heterocycles. The predicted octanol–water partition coefficient (Wildman–Crippen LogP) is 1.41. The number of nitrogens with one attached hydrogen (secondary N) is 1. The molecule has 0 bridgehead atoms. The number of rotatable bonds is 3. The average molecular weight is 389 g/mol. The van der Waals surface area contributed by atoms with Gasteiger partial charge in [-0.1, -0.05) is 30.3 Å². The molecular formula is C19H23N3O4S. The van der Waals surface area contributed by atoms with Gasteiger partial charge in [-0.25, -0.2) is 4.79 Å². The molecule has 4 rings (SSSR count). The number of carboxylic acids is 1. The molecule has 3 saturated heterocycles. The molecule has 144 valence electrons. The third kappa shape index (κ3) is 2.50. The van der Waals surface area contributed by atoms with Crippen molar-refractivity contribution in [2.45, 2.75) is 61.6 Å². The van der Waals surface area contributed by atoms with E-state index in [-0.39, 0.29) is 17.2 Å². The lowest BCUT2D eigenvalue weighted by atomic mass is 9.94. The number of β-lactam (4-membered cyclic amide) rings is 1. The maximum atomic E-state index is 13.2. The number of amides is 2. The van der Waals surface area contributed by atoms with Gasteiger partial charge in [-0.05, 0) is 33.3 Å². The van der Waals surface area contributed by atoms with Crippen molar-refractivity contribution in [3.63, 3.8) is 0 Å². The Kier molecular flexibility index (Phi) is 3.88. The Morgan fingerprint density at radius 2 is 1.74 bits per heavy atom. The Hall–Kier alpha value is -2.06. The molecule has 7 nitrogen and oxygen atoms in total. The van der Waals surface area contributed by atoms with Gasteiger partial charge in [-0.3, -0.25) is 14.9 Å². The number of nitrogens with zero attached hydrogens (tertiary/aromatic N) is 2.